The highest BCUT2D eigenvalue weighted by Gasteiger charge is 2.24. The molecule has 0 radical (unpaired) electrons. The molecule has 0 bridgehead atoms. The van der Waals surface area contributed by atoms with E-state index in [1.165, 1.54) is 37.3 Å². The van der Waals surface area contributed by atoms with Gasteiger partial charge in [-0.05, 0) is 128 Å². The van der Waals surface area contributed by atoms with E-state index < -0.39 is 23.6 Å². The molecule has 1 heterocycles. The Morgan fingerprint density at radius 3 is 1.79 bits per heavy atom. The normalized spacial score (nSPS) is 11.7. The van der Waals surface area contributed by atoms with Crippen LogP contribution in [0.25, 0.3) is 11.0 Å². The van der Waals surface area contributed by atoms with Crippen LogP contribution in [0.2, 0.25) is 0 Å². The van der Waals surface area contributed by atoms with Crippen LogP contribution < -0.4 is 37.8 Å². The number of imidazole rings is 1. The van der Waals surface area contributed by atoms with Crippen LogP contribution in [0.1, 0.15) is 56.4 Å². The van der Waals surface area contributed by atoms with Gasteiger partial charge in [-0.2, -0.15) is 0 Å². The van der Waals surface area contributed by atoms with Crippen molar-refractivity contribution >= 4 is 57.5 Å². The van der Waals surface area contributed by atoms with Crippen molar-refractivity contribution in [1.29, 1.82) is 0 Å². The lowest BCUT2D eigenvalue weighted by atomic mass is 10.1. The lowest BCUT2D eigenvalue weighted by Crippen LogP contribution is -2.48. The molecule has 1 aromatic heterocycles. The molecule has 8 N–H and O–H groups in total. The van der Waals surface area contributed by atoms with Gasteiger partial charge in [-0.3, -0.25) is 24.0 Å². The summed E-state index contributed by atoms with van der Waals surface area (Å²) in [5.41, 5.74) is 8.93. The molecule has 4 amide bonds. The fraction of sp³-hybridized carbons (Fsp3) is 0.351. The second-order valence-electron chi connectivity index (χ2n) is 13.3. The number of aromatic nitrogens is 2. The molecule has 0 spiro atoms. The zero-order valence-corrected chi connectivity index (χ0v) is 30.9. The summed E-state index contributed by atoms with van der Waals surface area (Å²) in [5, 5.41) is 11.2. The van der Waals surface area contributed by atoms with Gasteiger partial charge in [0.1, 0.15) is 0 Å². The smallest absolute Gasteiger partial charge is 0.323 e. The van der Waals surface area contributed by atoms with Gasteiger partial charge in [0.15, 0.2) is 11.8 Å². The first-order chi connectivity index (χ1) is 25.2. The quantitative estimate of drug-likeness (QED) is 0.0426. The number of carbonyl (C=O) groups is 5. The van der Waals surface area contributed by atoms with Crippen molar-refractivity contribution in [1.82, 2.24) is 35.8 Å². The standard InChI is InChI=1S/C37H48N10O6/c1-22-17-28(21-30-31(22)43-37(53)42-30)41-36(52)32(23(2)48)45-44-27-11-9-24(10-12-27)35(51)40-29-19-25(33(49)38-13-7-15-46(3)4)18-26(20-29)34(50)39-14-8-16-47(5)6/h9-12,17-21,32,44-45H,7-8,13-16H2,1-6H3,(H,38,49)(H,39,50)(H,40,51)(H,41,52)(H2,42,43,53). The highest BCUT2D eigenvalue weighted by atomic mass is 16.2. The third-order valence-electron chi connectivity index (χ3n) is 8.12. The summed E-state index contributed by atoms with van der Waals surface area (Å²) < 4.78 is 0. The van der Waals surface area contributed by atoms with Crippen molar-refractivity contribution in [3.63, 3.8) is 0 Å². The van der Waals surface area contributed by atoms with Crippen LogP contribution in [-0.2, 0) is 9.59 Å². The van der Waals surface area contributed by atoms with Crippen molar-refractivity contribution in [2.24, 2.45) is 0 Å². The number of nitrogens with zero attached hydrogens (tertiary/aromatic N) is 2. The number of ketones is 1. The fourth-order valence-corrected chi connectivity index (χ4v) is 5.38. The van der Waals surface area contributed by atoms with E-state index in [-0.39, 0.29) is 39.9 Å². The van der Waals surface area contributed by atoms with E-state index in [0.717, 1.165) is 31.5 Å². The molecular formula is C37H48N10O6. The third kappa shape index (κ3) is 11.8. The highest BCUT2D eigenvalue weighted by molar-refractivity contribution is 6.11. The number of aromatic amines is 2. The number of hydrazine groups is 1. The molecule has 1 unspecified atom stereocenters. The van der Waals surface area contributed by atoms with Crippen LogP contribution in [0, 0.1) is 6.92 Å². The number of carbonyl (C=O) groups excluding carboxylic acids is 5. The van der Waals surface area contributed by atoms with Crippen molar-refractivity contribution in [2.75, 3.05) is 70.4 Å². The maximum Gasteiger partial charge on any atom is 0.323 e. The number of hydrogen-bond acceptors (Lipinski definition) is 10. The maximum absolute atomic E-state index is 13.3. The summed E-state index contributed by atoms with van der Waals surface area (Å²) >= 11 is 0. The molecule has 53 heavy (non-hydrogen) atoms. The largest absolute Gasteiger partial charge is 0.352 e. The Balaban J connectivity index is 1.41. The minimum Gasteiger partial charge on any atom is -0.352 e. The zero-order chi connectivity index (χ0) is 38.7. The SMILES string of the molecule is CC(=O)C(NNc1ccc(C(=O)Nc2cc(C(=O)NCCCN(C)C)cc(C(=O)NCCCN(C)C)c2)cc1)C(=O)Nc1cc(C)c2[nH]c(=O)[nH]c2c1. The summed E-state index contributed by atoms with van der Waals surface area (Å²) in [4.78, 5) is 85.9. The van der Waals surface area contributed by atoms with Crippen LogP contribution in [0.15, 0.2) is 59.4 Å². The molecule has 16 heteroatoms. The van der Waals surface area contributed by atoms with Gasteiger partial charge in [0.25, 0.3) is 23.6 Å². The number of H-pyrrole nitrogens is 2. The molecule has 4 rings (SSSR count). The number of nitrogens with one attached hydrogen (secondary N) is 8. The Bertz CT molecular complexity index is 1960. The van der Waals surface area contributed by atoms with Crippen LogP contribution in [0.4, 0.5) is 17.1 Å². The molecule has 0 aliphatic rings. The van der Waals surface area contributed by atoms with Crippen LogP contribution in [0.5, 0.6) is 0 Å². The molecule has 0 saturated heterocycles. The van der Waals surface area contributed by atoms with E-state index in [9.17, 15) is 28.8 Å². The van der Waals surface area contributed by atoms with E-state index in [2.05, 4.69) is 42.1 Å². The average Bonchev–Trinajstić information content (AvgIpc) is 3.48. The monoisotopic (exact) mass is 728 g/mol. The van der Waals surface area contributed by atoms with E-state index in [0.29, 0.717) is 35.5 Å². The lowest BCUT2D eigenvalue weighted by Gasteiger charge is -2.18. The van der Waals surface area contributed by atoms with Crippen LogP contribution >= 0.6 is 0 Å². The number of amides is 4. The third-order valence-corrected chi connectivity index (χ3v) is 8.12. The Morgan fingerprint density at radius 1 is 0.679 bits per heavy atom. The Hall–Kier alpha value is -5.84. The second-order valence-corrected chi connectivity index (χ2v) is 13.3. The molecular weight excluding hydrogens is 680 g/mol. The van der Waals surface area contributed by atoms with E-state index in [4.69, 9.17) is 0 Å². The van der Waals surface area contributed by atoms with Gasteiger partial charge in [0.2, 0.25) is 0 Å². The number of aryl methyl sites for hydroxylation is 1. The first-order valence-corrected chi connectivity index (χ1v) is 17.2. The highest BCUT2D eigenvalue weighted by Crippen LogP contribution is 2.20. The van der Waals surface area contributed by atoms with Crippen LogP contribution in [-0.4, -0.2) is 110 Å². The summed E-state index contributed by atoms with van der Waals surface area (Å²) in [6.07, 6.45) is 1.48. The number of hydrogen-bond donors (Lipinski definition) is 8. The molecule has 0 fully saturated rings. The Labute approximate surface area is 307 Å². The molecule has 0 saturated carbocycles. The first-order valence-electron chi connectivity index (χ1n) is 17.2. The van der Waals surface area contributed by atoms with Crippen molar-refractivity contribution in [3.05, 3.63) is 87.3 Å². The summed E-state index contributed by atoms with van der Waals surface area (Å²) in [6.45, 7) is 5.54. The maximum atomic E-state index is 13.3. The second kappa shape index (κ2) is 18.6. The first kappa shape index (κ1) is 39.9. The van der Waals surface area contributed by atoms with Crippen LogP contribution in [0.3, 0.4) is 0 Å². The molecule has 3 aromatic carbocycles. The number of Topliss-reactive ketones (excluding diaryl/α,β-unsaturated/α-hetero) is 1. The van der Waals surface area contributed by atoms with Gasteiger partial charge in [0, 0.05) is 46.8 Å². The molecule has 0 aliphatic carbocycles. The van der Waals surface area contributed by atoms with E-state index in [1.807, 2.05) is 38.0 Å². The minimum absolute atomic E-state index is 0.232. The van der Waals surface area contributed by atoms with Gasteiger partial charge in [0.05, 0.1) is 11.0 Å². The van der Waals surface area contributed by atoms with Gasteiger partial charge >= 0.3 is 5.69 Å². The summed E-state index contributed by atoms with van der Waals surface area (Å²) in [6, 6.07) is 12.8. The summed E-state index contributed by atoms with van der Waals surface area (Å²) in [7, 11) is 7.79. The minimum atomic E-state index is -1.27. The van der Waals surface area contributed by atoms with E-state index in [1.54, 1.807) is 31.2 Å². The van der Waals surface area contributed by atoms with Gasteiger partial charge in [-0.1, -0.05) is 0 Å². The Morgan fingerprint density at radius 2 is 1.25 bits per heavy atom. The fourth-order valence-electron chi connectivity index (χ4n) is 5.38. The van der Waals surface area contributed by atoms with Crippen molar-refractivity contribution < 1.29 is 24.0 Å². The van der Waals surface area contributed by atoms with Gasteiger partial charge in [-0.15, -0.1) is 0 Å². The topological polar surface area (TPSA) is 213 Å². The number of benzene rings is 3. The summed E-state index contributed by atoms with van der Waals surface area (Å²) in [5.74, 6) is -2.29. The van der Waals surface area contributed by atoms with Crippen molar-refractivity contribution in [3.8, 4) is 0 Å². The van der Waals surface area contributed by atoms with Gasteiger partial charge < -0.3 is 46.5 Å². The average molecular weight is 729 g/mol. The zero-order valence-electron chi connectivity index (χ0n) is 30.9. The van der Waals surface area contributed by atoms with E-state index >= 15 is 0 Å². The number of fused-ring (bicyclic) bond motifs is 1. The molecule has 0 aliphatic heterocycles. The van der Waals surface area contributed by atoms with Gasteiger partial charge in [-0.25, -0.2) is 10.2 Å². The Kier molecular flexibility index (Phi) is 14.0. The molecule has 4 aromatic rings. The molecule has 16 nitrogen and oxygen atoms in total. The number of rotatable bonds is 18. The predicted octanol–water partition coefficient (Wildman–Crippen LogP) is 2.29. The number of anilines is 3. The molecule has 282 valence electrons. The molecule has 1 atom stereocenters. The lowest BCUT2D eigenvalue weighted by molar-refractivity contribution is -0.127. The predicted molar refractivity (Wildman–Crippen MR) is 205 cm³/mol. The van der Waals surface area contributed by atoms with Crippen molar-refractivity contribution in [2.45, 2.75) is 32.7 Å².